The Balaban J connectivity index is 1.77. The van der Waals surface area contributed by atoms with E-state index in [1.165, 1.54) is 12.8 Å². The van der Waals surface area contributed by atoms with Gasteiger partial charge in [0.1, 0.15) is 0 Å². The van der Waals surface area contributed by atoms with Gasteiger partial charge in [-0.15, -0.1) is 0 Å². The predicted molar refractivity (Wildman–Crippen MR) is 71.5 cm³/mol. The molecule has 3 fully saturated rings. The quantitative estimate of drug-likeness (QED) is 0.819. The van der Waals surface area contributed by atoms with Crippen molar-refractivity contribution in [3.05, 3.63) is 0 Å². The molecule has 0 aromatic rings. The maximum atomic E-state index is 11.1. The highest BCUT2D eigenvalue weighted by atomic mass is 16.5. The minimum absolute atomic E-state index is 0.100. The molecule has 0 aromatic carbocycles. The van der Waals surface area contributed by atoms with Crippen molar-refractivity contribution >= 4 is 0 Å². The second-order valence-corrected chi connectivity index (χ2v) is 7.78. The van der Waals surface area contributed by atoms with Crippen LogP contribution in [0.1, 0.15) is 53.4 Å². The minimum atomic E-state index is -0.542. The Morgan fingerprint density at radius 2 is 1.83 bits per heavy atom. The Bertz CT molecular complexity index is 348. The van der Waals surface area contributed by atoms with Gasteiger partial charge >= 0.3 is 0 Å². The van der Waals surface area contributed by atoms with E-state index in [-0.39, 0.29) is 17.1 Å². The van der Waals surface area contributed by atoms with Gasteiger partial charge in [-0.25, -0.2) is 0 Å². The summed E-state index contributed by atoms with van der Waals surface area (Å²) in [4.78, 5) is 2.49. The SMILES string of the molecule is CC1(C)CC(C2(O)CCN(C3CC3)C2)C(C)(C)O1. The maximum absolute atomic E-state index is 11.1. The maximum Gasteiger partial charge on any atom is 0.0842 e. The summed E-state index contributed by atoms with van der Waals surface area (Å²) >= 11 is 0. The van der Waals surface area contributed by atoms with Crippen molar-refractivity contribution in [3.8, 4) is 0 Å². The van der Waals surface area contributed by atoms with Gasteiger partial charge in [0, 0.05) is 25.0 Å². The number of hydrogen-bond donors (Lipinski definition) is 1. The summed E-state index contributed by atoms with van der Waals surface area (Å²) < 4.78 is 6.16. The standard InChI is InChI=1S/C15H27NO2/c1-13(2)9-12(14(3,4)18-13)15(17)7-8-16(10-15)11-5-6-11/h11-12,17H,5-10H2,1-4H3. The van der Waals surface area contributed by atoms with Crippen LogP contribution in [0.2, 0.25) is 0 Å². The number of aliphatic hydroxyl groups is 1. The summed E-state index contributed by atoms with van der Waals surface area (Å²) in [6.07, 6.45) is 4.53. The predicted octanol–water partition coefficient (Wildman–Crippen LogP) is 2.18. The number of hydrogen-bond acceptors (Lipinski definition) is 3. The average molecular weight is 253 g/mol. The molecule has 3 aliphatic rings. The van der Waals surface area contributed by atoms with Crippen LogP contribution >= 0.6 is 0 Å². The van der Waals surface area contributed by atoms with E-state index in [2.05, 4.69) is 32.6 Å². The van der Waals surface area contributed by atoms with E-state index in [4.69, 9.17) is 4.74 Å². The van der Waals surface area contributed by atoms with Crippen LogP contribution in [0.25, 0.3) is 0 Å². The lowest BCUT2D eigenvalue weighted by Crippen LogP contribution is -2.48. The van der Waals surface area contributed by atoms with Gasteiger partial charge < -0.3 is 9.84 Å². The molecule has 0 bridgehead atoms. The topological polar surface area (TPSA) is 32.7 Å². The van der Waals surface area contributed by atoms with Crippen molar-refractivity contribution in [1.29, 1.82) is 0 Å². The molecule has 2 aliphatic heterocycles. The molecule has 1 N–H and O–H groups in total. The molecule has 0 radical (unpaired) electrons. The van der Waals surface area contributed by atoms with Crippen LogP contribution in [0.3, 0.4) is 0 Å². The zero-order valence-corrected chi connectivity index (χ0v) is 12.2. The first-order chi connectivity index (χ1) is 8.22. The summed E-state index contributed by atoms with van der Waals surface area (Å²) in [5.74, 6) is 0.253. The lowest BCUT2D eigenvalue weighted by molar-refractivity contribution is -0.110. The Morgan fingerprint density at radius 1 is 1.17 bits per heavy atom. The van der Waals surface area contributed by atoms with Crippen molar-refractivity contribution in [2.24, 2.45) is 5.92 Å². The molecule has 1 saturated carbocycles. The Labute approximate surface area is 110 Å². The summed E-state index contributed by atoms with van der Waals surface area (Å²) in [7, 11) is 0. The average Bonchev–Trinajstić information content (AvgIpc) is 2.93. The van der Waals surface area contributed by atoms with E-state index in [1.807, 2.05) is 0 Å². The molecular formula is C15H27NO2. The zero-order valence-electron chi connectivity index (χ0n) is 12.2. The van der Waals surface area contributed by atoms with Crippen molar-refractivity contribution in [2.45, 2.75) is 76.2 Å². The van der Waals surface area contributed by atoms with E-state index in [1.54, 1.807) is 0 Å². The molecule has 2 heterocycles. The summed E-state index contributed by atoms with van der Waals surface area (Å²) in [5, 5.41) is 11.1. The third kappa shape index (κ3) is 2.10. The van der Waals surface area contributed by atoms with E-state index < -0.39 is 5.60 Å². The van der Waals surface area contributed by atoms with Gasteiger partial charge in [-0.3, -0.25) is 4.90 Å². The van der Waals surface area contributed by atoms with Gasteiger partial charge in [0.15, 0.2) is 0 Å². The van der Waals surface area contributed by atoms with Crippen molar-refractivity contribution in [3.63, 3.8) is 0 Å². The highest BCUT2D eigenvalue weighted by Gasteiger charge is 2.57. The molecule has 18 heavy (non-hydrogen) atoms. The summed E-state index contributed by atoms with van der Waals surface area (Å²) in [6.45, 7) is 10.5. The van der Waals surface area contributed by atoms with E-state index in [0.29, 0.717) is 0 Å². The molecule has 0 amide bonds. The van der Waals surface area contributed by atoms with Crippen LogP contribution in [-0.4, -0.2) is 45.9 Å². The van der Waals surface area contributed by atoms with Gasteiger partial charge in [-0.05, 0) is 53.4 Å². The molecule has 2 saturated heterocycles. The molecule has 3 nitrogen and oxygen atoms in total. The van der Waals surface area contributed by atoms with Gasteiger partial charge in [0.05, 0.1) is 16.8 Å². The summed E-state index contributed by atoms with van der Waals surface area (Å²) in [6, 6.07) is 0.762. The second-order valence-electron chi connectivity index (χ2n) is 7.78. The second kappa shape index (κ2) is 3.71. The third-order valence-electron chi connectivity index (χ3n) is 5.09. The number of β-amino-alcohol motifs (C(OH)–C–C–N with tert-alkyl or cyclic N) is 1. The van der Waals surface area contributed by atoms with Gasteiger partial charge in [-0.1, -0.05) is 0 Å². The van der Waals surface area contributed by atoms with Crippen LogP contribution < -0.4 is 0 Å². The fraction of sp³-hybridized carbons (Fsp3) is 1.00. The monoisotopic (exact) mass is 253 g/mol. The van der Waals surface area contributed by atoms with Crippen LogP contribution in [0.4, 0.5) is 0 Å². The van der Waals surface area contributed by atoms with Gasteiger partial charge in [0.25, 0.3) is 0 Å². The Hall–Kier alpha value is -0.120. The molecule has 104 valence electrons. The Morgan fingerprint density at radius 3 is 2.33 bits per heavy atom. The fourth-order valence-electron chi connectivity index (χ4n) is 4.28. The molecular weight excluding hydrogens is 226 g/mol. The molecule has 3 rings (SSSR count). The first-order valence-corrected chi connectivity index (χ1v) is 7.39. The number of nitrogens with zero attached hydrogens (tertiary/aromatic N) is 1. The highest BCUT2D eigenvalue weighted by molar-refractivity contribution is 5.08. The van der Waals surface area contributed by atoms with Crippen LogP contribution in [0.5, 0.6) is 0 Å². The zero-order chi connectivity index (χ0) is 13.2. The Kier molecular flexibility index (Phi) is 2.66. The normalized spacial score (nSPS) is 43.5. The van der Waals surface area contributed by atoms with E-state index >= 15 is 0 Å². The first kappa shape index (κ1) is 12.9. The molecule has 2 atom stereocenters. The highest BCUT2D eigenvalue weighted by Crippen LogP contribution is 2.50. The third-order valence-corrected chi connectivity index (χ3v) is 5.09. The van der Waals surface area contributed by atoms with Gasteiger partial charge in [-0.2, -0.15) is 0 Å². The van der Waals surface area contributed by atoms with Gasteiger partial charge in [0.2, 0.25) is 0 Å². The fourth-order valence-corrected chi connectivity index (χ4v) is 4.28. The van der Waals surface area contributed by atoms with E-state index in [9.17, 15) is 5.11 Å². The molecule has 3 heteroatoms. The summed E-state index contributed by atoms with van der Waals surface area (Å²) in [5.41, 5.74) is -0.853. The number of ether oxygens (including phenoxy) is 1. The number of likely N-dealkylation sites (tertiary alicyclic amines) is 1. The van der Waals surface area contributed by atoms with E-state index in [0.717, 1.165) is 32.0 Å². The van der Waals surface area contributed by atoms with Crippen LogP contribution in [0.15, 0.2) is 0 Å². The largest absolute Gasteiger partial charge is 0.388 e. The van der Waals surface area contributed by atoms with Crippen LogP contribution in [0, 0.1) is 5.92 Å². The lowest BCUT2D eigenvalue weighted by Gasteiger charge is -2.37. The minimum Gasteiger partial charge on any atom is -0.388 e. The molecule has 0 spiro atoms. The van der Waals surface area contributed by atoms with Crippen LogP contribution in [-0.2, 0) is 4.74 Å². The molecule has 1 aliphatic carbocycles. The van der Waals surface area contributed by atoms with Crippen molar-refractivity contribution in [2.75, 3.05) is 13.1 Å². The van der Waals surface area contributed by atoms with Crippen molar-refractivity contribution in [1.82, 2.24) is 4.90 Å². The number of rotatable bonds is 2. The lowest BCUT2D eigenvalue weighted by atomic mass is 9.74. The van der Waals surface area contributed by atoms with Crippen molar-refractivity contribution < 1.29 is 9.84 Å². The molecule has 2 unspecified atom stereocenters. The first-order valence-electron chi connectivity index (χ1n) is 7.39. The smallest absolute Gasteiger partial charge is 0.0842 e. The molecule has 0 aromatic heterocycles.